The SMILES string of the molecule is Cc1ccc(C)c(Cn2nnc(C(=O)Nc3ccc(F)cc3C)c2N)c1. The topological polar surface area (TPSA) is 85.8 Å². The fraction of sp³-hybridized carbons (Fsp3) is 0.211. The predicted octanol–water partition coefficient (Wildman–Crippen LogP) is 3.23. The molecule has 0 spiro atoms. The number of halogens is 1. The van der Waals surface area contributed by atoms with E-state index in [1.807, 2.05) is 26.0 Å². The molecule has 134 valence electrons. The maximum absolute atomic E-state index is 13.2. The van der Waals surface area contributed by atoms with Gasteiger partial charge in [0.15, 0.2) is 11.5 Å². The molecule has 0 atom stereocenters. The van der Waals surface area contributed by atoms with Crippen molar-refractivity contribution < 1.29 is 9.18 Å². The number of benzene rings is 2. The average molecular weight is 353 g/mol. The van der Waals surface area contributed by atoms with Crippen LogP contribution < -0.4 is 11.1 Å². The third-order valence-electron chi connectivity index (χ3n) is 4.25. The quantitative estimate of drug-likeness (QED) is 0.754. The van der Waals surface area contributed by atoms with Crippen molar-refractivity contribution in [2.24, 2.45) is 0 Å². The molecule has 1 amide bonds. The number of nitrogens with one attached hydrogen (secondary N) is 1. The summed E-state index contributed by atoms with van der Waals surface area (Å²) in [6, 6.07) is 10.2. The minimum atomic E-state index is -0.482. The van der Waals surface area contributed by atoms with E-state index >= 15 is 0 Å². The van der Waals surface area contributed by atoms with Crippen LogP contribution in [-0.4, -0.2) is 20.9 Å². The van der Waals surface area contributed by atoms with Gasteiger partial charge in [-0.2, -0.15) is 0 Å². The fourth-order valence-electron chi connectivity index (χ4n) is 2.68. The molecule has 0 radical (unpaired) electrons. The van der Waals surface area contributed by atoms with E-state index in [1.54, 1.807) is 6.92 Å². The molecule has 3 rings (SSSR count). The van der Waals surface area contributed by atoms with E-state index in [-0.39, 0.29) is 17.3 Å². The zero-order valence-corrected chi connectivity index (χ0v) is 14.9. The summed E-state index contributed by atoms with van der Waals surface area (Å²) >= 11 is 0. The van der Waals surface area contributed by atoms with Crippen molar-refractivity contribution in [2.75, 3.05) is 11.1 Å². The van der Waals surface area contributed by atoms with E-state index in [1.165, 1.54) is 22.9 Å². The molecule has 1 aromatic heterocycles. The van der Waals surface area contributed by atoms with Gasteiger partial charge in [0.05, 0.1) is 6.54 Å². The maximum Gasteiger partial charge on any atom is 0.280 e. The van der Waals surface area contributed by atoms with Gasteiger partial charge in [-0.25, -0.2) is 9.07 Å². The molecule has 0 saturated heterocycles. The monoisotopic (exact) mass is 353 g/mol. The Labute approximate surface area is 150 Å². The highest BCUT2D eigenvalue weighted by Crippen LogP contribution is 2.19. The molecule has 0 bridgehead atoms. The molecular formula is C19H20FN5O. The van der Waals surface area contributed by atoms with Gasteiger partial charge in [-0.3, -0.25) is 4.79 Å². The Morgan fingerprint density at radius 2 is 1.92 bits per heavy atom. The third-order valence-corrected chi connectivity index (χ3v) is 4.25. The number of nitrogen functional groups attached to an aromatic ring is 1. The highest BCUT2D eigenvalue weighted by molar-refractivity contribution is 6.06. The van der Waals surface area contributed by atoms with Crippen LogP contribution in [0.15, 0.2) is 36.4 Å². The number of anilines is 2. The first-order chi connectivity index (χ1) is 12.3. The van der Waals surface area contributed by atoms with Crippen molar-refractivity contribution in [3.63, 3.8) is 0 Å². The second-order valence-corrected chi connectivity index (χ2v) is 6.32. The van der Waals surface area contributed by atoms with E-state index in [0.717, 1.165) is 16.7 Å². The van der Waals surface area contributed by atoms with Crippen LogP contribution in [0.1, 0.15) is 32.7 Å². The average Bonchev–Trinajstić information content (AvgIpc) is 2.94. The van der Waals surface area contributed by atoms with E-state index in [4.69, 9.17) is 5.73 Å². The van der Waals surface area contributed by atoms with Crippen LogP contribution in [0.3, 0.4) is 0 Å². The van der Waals surface area contributed by atoms with Gasteiger partial charge < -0.3 is 11.1 Å². The largest absolute Gasteiger partial charge is 0.382 e. The molecule has 2 aromatic carbocycles. The highest BCUT2D eigenvalue weighted by Gasteiger charge is 2.19. The normalized spacial score (nSPS) is 10.8. The summed E-state index contributed by atoms with van der Waals surface area (Å²) in [4.78, 5) is 12.5. The Hall–Kier alpha value is -3.22. The van der Waals surface area contributed by atoms with E-state index < -0.39 is 5.91 Å². The Balaban J connectivity index is 1.82. The van der Waals surface area contributed by atoms with Gasteiger partial charge in [-0.1, -0.05) is 29.0 Å². The predicted molar refractivity (Wildman–Crippen MR) is 98.5 cm³/mol. The van der Waals surface area contributed by atoms with Crippen LogP contribution in [0.4, 0.5) is 15.9 Å². The molecular weight excluding hydrogens is 333 g/mol. The van der Waals surface area contributed by atoms with Crippen LogP contribution in [0.2, 0.25) is 0 Å². The zero-order chi connectivity index (χ0) is 18.8. The maximum atomic E-state index is 13.2. The van der Waals surface area contributed by atoms with Crippen molar-refractivity contribution in [1.29, 1.82) is 0 Å². The van der Waals surface area contributed by atoms with Gasteiger partial charge in [0.25, 0.3) is 5.91 Å². The lowest BCUT2D eigenvalue weighted by atomic mass is 10.1. The lowest BCUT2D eigenvalue weighted by molar-refractivity contribution is 0.102. The molecule has 7 heteroatoms. The molecule has 0 aliphatic carbocycles. The summed E-state index contributed by atoms with van der Waals surface area (Å²) in [5.41, 5.74) is 10.5. The van der Waals surface area contributed by atoms with Crippen LogP contribution in [0, 0.1) is 26.6 Å². The molecule has 3 N–H and O–H groups in total. The lowest BCUT2D eigenvalue weighted by Gasteiger charge is -2.09. The molecule has 0 saturated carbocycles. The van der Waals surface area contributed by atoms with Crippen molar-refractivity contribution in [3.8, 4) is 0 Å². The van der Waals surface area contributed by atoms with Crippen LogP contribution in [0.25, 0.3) is 0 Å². The summed E-state index contributed by atoms with van der Waals surface area (Å²) in [7, 11) is 0. The summed E-state index contributed by atoms with van der Waals surface area (Å²) in [5.74, 6) is -0.660. The molecule has 6 nitrogen and oxygen atoms in total. The Morgan fingerprint density at radius 1 is 1.15 bits per heavy atom. The Kier molecular flexibility index (Phi) is 4.71. The van der Waals surface area contributed by atoms with Gasteiger partial charge in [-0.15, -0.1) is 5.10 Å². The van der Waals surface area contributed by atoms with Crippen LogP contribution in [0.5, 0.6) is 0 Å². The Bertz CT molecular complexity index is 980. The number of aromatic nitrogens is 3. The van der Waals surface area contributed by atoms with E-state index in [0.29, 0.717) is 17.8 Å². The zero-order valence-electron chi connectivity index (χ0n) is 14.9. The van der Waals surface area contributed by atoms with Gasteiger partial charge in [0.2, 0.25) is 0 Å². The summed E-state index contributed by atoms with van der Waals surface area (Å²) < 4.78 is 14.7. The van der Waals surface area contributed by atoms with Crippen molar-refractivity contribution in [1.82, 2.24) is 15.0 Å². The number of hydrogen-bond acceptors (Lipinski definition) is 4. The smallest absolute Gasteiger partial charge is 0.280 e. The number of nitrogens with zero attached hydrogens (tertiary/aromatic N) is 3. The number of rotatable bonds is 4. The number of carbonyl (C=O) groups excluding carboxylic acids is 1. The summed E-state index contributed by atoms with van der Waals surface area (Å²) in [5, 5.41) is 10.6. The summed E-state index contributed by atoms with van der Waals surface area (Å²) in [6.07, 6.45) is 0. The van der Waals surface area contributed by atoms with Gasteiger partial charge in [0.1, 0.15) is 5.82 Å². The molecule has 1 heterocycles. The fourth-order valence-corrected chi connectivity index (χ4v) is 2.68. The van der Waals surface area contributed by atoms with Crippen LogP contribution >= 0.6 is 0 Å². The number of hydrogen-bond donors (Lipinski definition) is 2. The number of aryl methyl sites for hydroxylation is 3. The van der Waals surface area contributed by atoms with Crippen molar-refractivity contribution >= 4 is 17.4 Å². The number of nitrogens with two attached hydrogens (primary N) is 1. The van der Waals surface area contributed by atoms with Crippen LogP contribution in [-0.2, 0) is 6.54 Å². The Morgan fingerprint density at radius 3 is 2.65 bits per heavy atom. The standard InChI is InChI=1S/C19H20FN5O/c1-11-4-5-12(2)14(8-11)10-25-18(21)17(23-24-25)19(26)22-16-7-6-15(20)9-13(16)3/h4-9H,10,21H2,1-3H3,(H,22,26). The highest BCUT2D eigenvalue weighted by atomic mass is 19.1. The minimum Gasteiger partial charge on any atom is -0.382 e. The first-order valence-electron chi connectivity index (χ1n) is 8.17. The van der Waals surface area contributed by atoms with Gasteiger partial charge in [0, 0.05) is 5.69 Å². The van der Waals surface area contributed by atoms with E-state index in [9.17, 15) is 9.18 Å². The van der Waals surface area contributed by atoms with Gasteiger partial charge in [-0.05, 0) is 55.7 Å². The van der Waals surface area contributed by atoms with Crippen molar-refractivity contribution in [3.05, 3.63) is 70.2 Å². The molecule has 0 aliphatic rings. The first kappa shape index (κ1) is 17.6. The molecule has 26 heavy (non-hydrogen) atoms. The number of amides is 1. The van der Waals surface area contributed by atoms with Crippen molar-refractivity contribution in [2.45, 2.75) is 27.3 Å². The second kappa shape index (κ2) is 6.95. The molecule has 0 aliphatic heterocycles. The number of carbonyl (C=O) groups is 1. The first-order valence-corrected chi connectivity index (χ1v) is 8.17. The molecule has 0 fully saturated rings. The molecule has 0 unspecified atom stereocenters. The lowest BCUT2D eigenvalue weighted by Crippen LogP contribution is -2.16. The van der Waals surface area contributed by atoms with E-state index in [2.05, 4.69) is 21.7 Å². The summed E-state index contributed by atoms with van der Waals surface area (Å²) in [6.45, 7) is 6.15. The minimum absolute atomic E-state index is 0.0408. The van der Waals surface area contributed by atoms with Gasteiger partial charge >= 0.3 is 0 Å². The third kappa shape index (κ3) is 3.56. The second-order valence-electron chi connectivity index (χ2n) is 6.32. The molecule has 3 aromatic rings.